The number of piperazine rings is 1. The molecule has 0 unspecified atom stereocenters. The molecule has 1 saturated heterocycles. The third-order valence-corrected chi connectivity index (χ3v) is 5.21. The van der Waals surface area contributed by atoms with Crippen LogP contribution in [0.4, 0.5) is 0 Å². The number of carbonyl (C=O) groups excluding carboxylic acids is 2. The lowest BCUT2D eigenvalue weighted by Crippen LogP contribution is -2.52. The first kappa shape index (κ1) is 16.1. The number of aryl methyl sites for hydroxylation is 2. The average molecular weight is 317 g/mol. The molecule has 2 heterocycles. The van der Waals surface area contributed by atoms with Gasteiger partial charge >= 0.3 is 0 Å². The molecular formula is C18H27N3O2. The summed E-state index contributed by atoms with van der Waals surface area (Å²) in [6, 6.07) is 1.91. The zero-order chi connectivity index (χ0) is 16.4. The van der Waals surface area contributed by atoms with E-state index in [0.29, 0.717) is 32.1 Å². The molecule has 2 fully saturated rings. The van der Waals surface area contributed by atoms with Gasteiger partial charge in [-0.1, -0.05) is 19.3 Å². The quantitative estimate of drug-likeness (QED) is 0.911. The highest BCUT2D eigenvalue weighted by Crippen LogP contribution is 2.26. The van der Waals surface area contributed by atoms with E-state index >= 15 is 0 Å². The Balaban J connectivity index is 1.56. The van der Waals surface area contributed by atoms with E-state index in [-0.39, 0.29) is 11.8 Å². The SMILES string of the molecule is Cc1cc(C(=O)N2CCN(C(=O)C3CCCCC3)CC2)c(C)[nH]1. The zero-order valence-corrected chi connectivity index (χ0v) is 14.2. The fourth-order valence-corrected chi connectivity index (χ4v) is 3.85. The summed E-state index contributed by atoms with van der Waals surface area (Å²) >= 11 is 0. The second-order valence-electron chi connectivity index (χ2n) is 6.94. The van der Waals surface area contributed by atoms with Gasteiger partial charge in [0.2, 0.25) is 5.91 Å². The molecule has 0 spiro atoms. The van der Waals surface area contributed by atoms with Crippen molar-refractivity contribution in [2.75, 3.05) is 26.2 Å². The Bertz CT molecular complexity index is 579. The van der Waals surface area contributed by atoms with Crippen LogP contribution >= 0.6 is 0 Å². The van der Waals surface area contributed by atoms with Gasteiger partial charge in [0.1, 0.15) is 0 Å². The van der Waals surface area contributed by atoms with Gasteiger partial charge < -0.3 is 14.8 Å². The third kappa shape index (κ3) is 3.43. The molecular weight excluding hydrogens is 290 g/mol. The minimum absolute atomic E-state index is 0.0802. The van der Waals surface area contributed by atoms with Gasteiger partial charge in [0.05, 0.1) is 5.56 Å². The fourth-order valence-electron chi connectivity index (χ4n) is 3.85. The van der Waals surface area contributed by atoms with E-state index in [4.69, 9.17) is 0 Å². The summed E-state index contributed by atoms with van der Waals surface area (Å²) in [5, 5.41) is 0. The summed E-state index contributed by atoms with van der Waals surface area (Å²) in [7, 11) is 0. The Hall–Kier alpha value is -1.78. The van der Waals surface area contributed by atoms with Crippen molar-refractivity contribution in [1.29, 1.82) is 0 Å². The van der Waals surface area contributed by atoms with Crippen molar-refractivity contribution in [1.82, 2.24) is 14.8 Å². The minimum atomic E-state index is 0.0802. The zero-order valence-electron chi connectivity index (χ0n) is 14.2. The number of hydrogen-bond acceptors (Lipinski definition) is 2. The van der Waals surface area contributed by atoms with Crippen molar-refractivity contribution < 1.29 is 9.59 Å². The highest BCUT2D eigenvalue weighted by molar-refractivity contribution is 5.95. The van der Waals surface area contributed by atoms with Crippen LogP contribution in [0.5, 0.6) is 0 Å². The van der Waals surface area contributed by atoms with Crippen LogP contribution in [-0.4, -0.2) is 52.8 Å². The fraction of sp³-hybridized carbons (Fsp3) is 0.667. The van der Waals surface area contributed by atoms with Crippen LogP contribution in [0.2, 0.25) is 0 Å². The first-order valence-corrected chi connectivity index (χ1v) is 8.80. The van der Waals surface area contributed by atoms with Gasteiger partial charge in [0.15, 0.2) is 0 Å². The smallest absolute Gasteiger partial charge is 0.255 e. The molecule has 1 N–H and O–H groups in total. The van der Waals surface area contributed by atoms with Crippen molar-refractivity contribution in [2.45, 2.75) is 46.0 Å². The average Bonchev–Trinajstić information content (AvgIpc) is 2.93. The van der Waals surface area contributed by atoms with E-state index in [1.54, 1.807) is 0 Å². The van der Waals surface area contributed by atoms with Gasteiger partial charge in [-0.15, -0.1) is 0 Å². The van der Waals surface area contributed by atoms with Crippen LogP contribution in [0.1, 0.15) is 53.8 Å². The number of amides is 2. The first-order chi connectivity index (χ1) is 11.1. The molecule has 3 rings (SSSR count). The van der Waals surface area contributed by atoms with E-state index in [9.17, 15) is 9.59 Å². The van der Waals surface area contributed by atoms with E-state index in [0.717, 1.165) is 29.8 Å². The van der Waals surface area contributed by atoms with Crippen LogP contribution in [0, 0.1) is 19.8 Å². The van der Waals surface area contributed by atoms with Crippen LogP contribution in [0.3, 0.4) is 0 Å². The second-order valence-corrected chi connectivity index (χ2v) is 6.94. The summed E-state index contributed by atoms with van der Waals surface area (Å²) in [6.07, 6.45) is 5.71. The molecule has 0 bridgehead atoms. The van der Waals surface area contributed by atoms with Crippen molar-refractivity contribution in [2.24, 2.45) is 5.92 Å². The minimum Gasteiger partial charge on any atom is -0.362 e. The molecule has 0 atom stereocenters. The lowest BCUT2D eigenvalue weighted by molar-refractivity contribution is -0.138. The summed E-state index contributed by atoms with van der Waals surface area (Å²) in [6.45, 7) is 6.52. The summed E-state index contributed by atoms with van der Waals surface area (Å²) in [5.41, 5.74) is 2.69. The highest BCUT2D eigenvalue weighted by Gasteiger charge is 2.30. The Morgan fingerprint density at radius 1 is 1.00 bits per heavy atom. The van der Waals surface area contributed by atoms with Crippen molar-refractivity contribution in [3.63, 3.8) is 0 Å². The second kappa shape index (κ2) is 6.77. The van der Waals surface area contributed by atoms with Gasteiger partial charge in [-0.2, -0.15) is 0 Å². The largest absolute Gasteiger partial charge is 0.362 e. The highest BCUT2D eigenvalue weighted by atomic mass is 16.2. The molecule has 2 amide bonds. The number of aromatic amines is 1. The van der Waals surface area contributed by atoms with Gasteiger partial charge in [0.25, 0.3) is 5.91 Å². The molecule has 126 valence electrons. The normalized spacial score (nSPS) is 19.9. The van der Waals surface area contributed by atoms with E-state index in [1.807, 2.05) is 29.7 Å². The van der Waals surface area contributed by atoms with Gasteiger partial charge in [-0.25, -0.2) is 0 Å². The van der Waals surface area contributed by atoms with Crippen molar-refractivity contribution >= 4 is 11.8 Å². The molecule has 0 aromatic carbocycles. The number of hydrogen-bond donors (Lipinski definition) is 1. The molecule has 1 aliphatic heterocycles. The first-order valence-electron chi connectivity index (χ1n) is 8.80. The number of nitrogens with one attached hydrogen (secondary N) is 1. The van der Waals surface area contributed by atoms with Crippen LogP contribution < -0.4 is 0 Å². The monoisotopic (exact) mass is 317 g/mol. The van der Waals surface area contributed by atoms with Gasteiger partial charge in [-0.05, 0) is 32.8 Å². The van der Waals surface area contributed by atoms with Crippen molar-refractivity contribution in [3.8, 4) is 0 Å². The van der Waals surface area contributed by atoms with Crippen LogP contribution in [0.25, 0.3) is 0 Å². The lowest BCUT2D eigenvalue weighted by Gasteiger charge is -2.37. The van der Waals surface area contributed by atoms with E-state index in [2.05, 4.69) is 4.98 Å². The number of nitrogens with zero attached hydrogens (tertiary/aromatic N) is 2. The number of carbonyl (C=O) groups is 2. The number of rotatable bonds is 2. The lowest BCUT2D eigenvalue weighted by atomic mass is 9.88. The molecule has 23 heavy (non-hydrogen) atoms. The Morgan fingerprint density at radius 3 is 2.17 bits per heavy atom. The summed E-state index contributed by atoms with van der Waals surface area (Å²) < 4.78 is 0. The molecule has 1 aliphatic carbocycles. The summed E-state index contributed by atoms with van der Waals surface area (Å²) in [5.74, 6) is 0.614. The number of H-pyrrole nitrogens is 1. The molecule has 1 aromatic rings. The maximum Gasteiger partial charge on any atom is 0.255 e. The van der Waals surface area contributed by atoms with Gasteiger partial charge in [0, 0.05) is 43.5 Å². The molecule has 2 aliphatic rings. The van der Waals surface area contributed by atoms with E-state index in [1.165, 1.54) is 19.3 Å². The predicted octanol–water partition coefficient (Wildman–Crippen LogP) is 2.50. The Morgan fingerprint density at radius 2 is 1.61 bits per heavy atom. The van der Waals surface area contributed by atoms with Gasteiger partial charge in [-0.3, -0.25) is 9.59 Å². The number of aromatic nitrogens is 1. The topological polar surface area (TPSA) is 56.4 Å². The van der Waals surface area contributed by atoms with Crippen molar-refractivity contribution in [3.05, 3.63) is 23.0 Å². The molecule has 1 aromatic heterocycles. The molecule has 5 heteroatoms. The Labute approximate surface area is 138 Å². The molecule has 0 radical (unpaired) electrons. The maximum atomic E-state index is 12.6. The molecule has 5 nitrogen and oxygen atoms in total. The standard InChI is InChI=1S/C18H27N3O2/c1-13-12-16(14(2)19-13)18(23)21-10-8-20(9-11-21)17(22)15-6-4-3-5-7-15/h12,15,19H,3-11H2,1-2H3. The predicted molar refractivity (Wildman–Crippen MR) is 89.3 cm³/mol. The summed E-state index contributed by atoms with van der Waals surface area (Å²) in [4.78, 5) is 32.2. The van der Waals surface area contributed by atoms with E-state index < -0.39 is 0 Å². The van der Waals surface area contributed by atoms with Crippen LogP contribution in [-0.2, 0) is 4.79 Å². The third-order valence-electron chi connectivity index (χ3n) is 5.21. The Kier molecular flexibility index (Phi) is 4.74. The molecule has 1 saturated carbocycles. The maximum absolute atomic E-state index is 12.6. The van der Waals surface area contributed by atoms with Crippen LogP contribution in [0.15, 0.2) is 6.07 Å².